The lowest BCUT2D eigenvalue weighted by Gasteiger charge is -2.31. The summed E-state index contributed by atoms with van der Waals surface area (Å²) in [5.41, 5.74) is -0.712. The summed E-state index contributed by atoms with van der Waals surface area (Å²) >= 11 is 0.440. The van der Waals surface area contributed by atoms with Crippen LogP contribution in [-0.4, -0.2) is 35.4 Å². The number of carbonyl (C=O) groups is 2. The first-order valence-electron chi connectivity index (χ1n) is 8.93. The zero-order chi connectivity index (χ0) is 20.1. The maximum atomic E-state index is 12.6. The molecule has 1 fully saturated rings. The highest BCUT2D eigenvalue weighted by molar-refractivity contribution is 7.99. The monoisotopic (exact) mass is 400 g/mol. The topological polar surface area (TPSA) is 67.4 Å². The molecule has 0 atom stereocenters. The van der Waals surface area contributed by atoms with Crippen LogP contribution in [0.5, 0.6) is 0 Å². The van der Waals surface area contributed by atoms with Crippen LogP contribution in [0.15, 0.2) is 29.2 Å². The second kappa shape index (κ2) is 8.91. The molecular formula is C19H26F2N2O3S. The van der Waals surface area contributed by atoms with Crippen molar-refractivity contribution in [1.82, 2.24) is 10.6 Å². The maximum absolute atomic E-state index is 12.6. The molecule has 0 heterocycles. The van der Waals surface area contributed by atoms with Gasteiger partial charge in [0.25, 0.3) is 11.7 Å². The smallest absolute Gasteiger partial charge is 0.407 e. The number of benzene rings is 1. The van der Waals surface area contributed by atoms with E-state index >= 15 is 0 Å². The van der Waals surface area contributed by atoms with Crippen LogP contribution in [0, 0.1) is 0 Å². The lowest BCUT2D eigenvalue weighted by Crippen LogP contribution is -2.54. The molecule has 1 saturated carbocycles. The SMILES string of the molecule is CC(C)(C)OC(=O)NCC1(NC(=O)c2ccc(SC(F)F)cc2)CCCC1. The molecule has 2 amide bonds. The lowest BCUT2D eigenvalue weighted by atomic mass is 9.96. The van der Waals surface area contributed by atoms with Crippen molar-refractivity contribution in [3.8, 4) is 0 Å². The van der Waals surface area contributed by atoms with Crippen molar-refractivity contribution in [2.45, 2.75) is 68.2 Å². The largest absolute Gasteiger partial charge is 0.444 e. The zero-order valence-corrected chi connectivity index (χ0v) is 16.6. The number of amides is 2. The fraction of sp³-hybridized carbons (Fsp3) is 0.579. The van der Waals surface area contributed by atoms with Crippen LogP contribution < -0.4 is 10.6 Å². The highest BCUT2D eigenvalue weighted by Gasteiger charge is 2.36. The Balaban J connectivity index is 1.98. The second-order valence-corrected chi connectivity index (χ2v) is 8.76. The van der Waals surface area contributed by atoms with Crippen LogP contribution >= 0.6 is 11.8 Å². The summed E-state index contributed by atoms with van der Waals surface area (Å²) in [6.45, 7) is 5.65. The van der Waals surface area contributed by atoms with Crippen LogP contribution in [0.1, 0.15) is 56.8 Å². The number of alkyl halides is 2. The third-order valence-corrected chi connectivity index (χ3v) is 4.97. The van der Waals surface area contributed by atoms with Crippen molar-refractivity contribution in [2.24, 2.45) is 0 Å². The molecule has 1 aliphatic rings. The van der Waals surface area contributed by atoms with E-state index in [1.807, 2.05) is 0 Å². The Morgan fingerprint density at radius 2 is 1.78 bits per heavy atom. The second-order valence-electron chi connectivity index (χ2n) is 7.70. The average Bonchev–Trinajstić information content (AvgIpc) is 3.00. The Hall–Kier alpha value is -1.83. The fourth-order valence-electron chi connectivity index (χ4n) is 3.05. The van der Waals surface area contributed by atoms with E-state index < -0.39 is 23.0 Å². The van der Waals surface area contributed by atoms with Gasteiger partial charge in [0, 0.05) is 17.0 Å². The molecule has 0 unspecified atom stereocenters. The highest BCUT2D eigenvalue weighted by Crippen LogP contribution is 2.30. The van der Waals surface area contributed by atoms with Gasteiger partial charge < -0.3 is 15.4 Å². The van der Waals surface area contributed by atoms with Gasteiger partial charge in [0.2, 0.25) is 0 Å². The number of halogens is 2. The van der Waals surface area contributed by atoms with Crippen LogP contribution in [0.3, 0.4) is 0 Å². The predicted octanol–water partition coefficient (Wildman–Crippen LogP) is 4.57. The number of thioether (sulfide) groups is 1. The van der Waals surface area contributed by atoms with E-state index in [-0.39, 0.29) is 12.5 Å². The molecule has 1 aliphatic carbocycles. The molecule has 0 spiro atoms. The molecular weight excluding hydrogens is 374 g/mol. The first kappa shape index (κ1) is 21.5. The number of hydrogen-bond donors (Lipinski definition) is 2. The molecule has 2 rings (SSSR count). The van der Waals surface area contributed by atoms with Crippen LogP contribution in [-0.2, 0) is 4.74 Å². The normalized spacial score (nSPS) is 16.2. The van der Waals surface area contributed by atoms with E-state index in [1.54, 1.807) is 20.8 Å². The van der Waals surface area contributed by atoms with Crippen molar-refractivity contribution >= 4 is 23.8 Å². The third kappa shape index (κ3) is 7.01. The molecule has 0 radical (unpaired) electrons. The van der Waals surface area contributed by atoms with Crippen molar-refractivity contribution in [3.63, 3.8) is 0 Å². The average molecular weight is 400 g/mol. The molecule has 5 nitrogen and oxygen atoms in total. The Morgan fingerprint density at radius 1 is 1.19 bits per heavy atom. The van der Waals surface area contributed by atoms with Gasteiger partial charge in [0.1, 0.15) is 5.60 Å². The van der Waals surface area contributed by atoms with Crippen molar-refractivity contribution in [1.29, 1.82) is 0 Å². The predicted molar refractivity (Wildman–Crippen MR) is 101 cm³/mol. The number of alkyl carbamates (subject to hydrolysis) is 1. The first-order valence-corrected chi connectivity index (χ1v) is 9.81. The van der Waals surface area contributed by atoms with E-state index in [4.69, 9.17) is 4.74 Å². The number of rotatable bonds is 6. The van der Waals surface area contributed by atoms with Gasteiger partial charge in [-0.15, -0.1) is 0 Å². The minimum Gasteiger partial charge on any atom is -0.444 e. The van der Waals surface area contributed by atoms with E-state index in [0.29, 0.717) is 22.2 Å². The Kier molecular flexibility index (Phi) is 7.08. The molecule has 8 heteroatoms. The summed E-state index contributed by atoms with van der Waals surface area (Å²) < 4.78 is 30.0. The molecule has 2 N–H and O–H groups in total. The molecule has 0 aliphatic heterocycles. The Bertz CT molecular complexity index is 654. The molecule has 27 heavy (non-hydrogen) atoms. The van der Waals surface area contributed by atoms with Gasteiger partial charge in [-0.3, -0.25) is 4.79 Å². The van der Waals surface area contributed by atoms with Crippen molar-refractivity contribution in [3.05, 3.63) is 29.8 Å². The van der Waals surface area contributed by atoms with Crippen LogP contribution in [0.25, 0.3) is 0 Å². The van der Waals surface area contributed by atoms with E-state index in [9.17, 15) is 18.4 Å². The van der Waals surface area contributed by atoms with Gasteiger partial charge in [-0.05, 0) is 57.9 Å². The summed E-state index contributed by atoms with van der Waals surface area (Å²) in [5.74, 6) is -2.78. The van der Waals surface area contributed by atoms with Gasteiger partial charge in [-0.2, -0.15) is 8.78 Å². The lowest BCUT2D eigenvalue weighted by molar-refractivity contribution is 0.0505. The highest BCUT2D eigenvalue weighted by atomic mass is 32.2. The number of carbonyl (C=O) groups excluding carboxylic acids is 2. The standard InChI is InChI=1S/C19H26F2N2O3S/c1-18(2,3)26-17(25)22-12-19(10-4-5-11-19)23-15(24)13-6-8-14(9-7-13)27-16(20)21/h6-9,16H,4-5,10-12H2,1-3H3,(H,22,25)(H,23,24). The minimum atomic E-state index is -2.50. The zero-order valence-electron chi connectivity index (χ0n) is 15.8. The number of hydrogen-bond acceptors (Lipinski definition) is 4. The Morgan fingerprint density at radius 3 is 2.30 bits per heavy atom. The van der Waals surface area contributed by atoms with Gasteiger partial charge in [-0.25, -0.2) is 4.79 Å². The van der Waals surface area contributed by atoms with E-state index in [1.165, 1.54) is 24.3 Å². The summed E-state index contributed by atoms with van der Waals surface area (Å²) in [6, 6.07) is 6.08. The van der Waals surface area contributed by atoms with Gasteiger partial charge in [0.05, 0.1) is 5.54 Å². The van der Waals surface area contributed by atoms with Crippen molar-refractivity contribution < 1.29 is 23.1 Å². The Labute approximate surface area is 162 Å². The van der Waals surface area contributed by atoms with Crippen LogP contribution in [0.4, 0.5) is 13.6 Å². The maximum Gasteiger partial charge on any atom is 0.407 e. The van der Waals surface area contributed by atoms with Crippen molar-refractivity contribution in [2.75, 3.05) is 6.54 Å². The molecule has 0 aromatic heterocycles. The summed E-state index contributed by atoms with van der Waals surface area (Å²) in [5, 5.41) is 5.77. The van der Waals surface area contributed by atoms with E-state index in [2.05, 4.69) is 10.6 Å². The molecule has 1 aromatic carbocycles. The van der Waals surface area contributed by atoms with Crippen LogP contribution in [0.2, 0.25) is 0 Å². The number of ether oxygens (including phenoxy) is 1. The fourth-order valence-corrected chi connectivity index (χ4v) is 3.55. The third-order valence-electron chi connectivity index (χ3n) is 4.25. The van der Waals surface area contributed by atoms with Gasteiger partial charge in [-0.1, -0.05) is 24.6 Å². The summed E-state index contributed by atoms with van der Waals surface area (Å²) in [4.78, 5) is 24.9. The molecule has 150 valence electrons. The quantitative estimate of drug-likeness (QED) is 0.687. The molecule has 0 saturated heterocycles. The van der Waals surface area contributed by atoms with Gasteiger partial charge in [0.15, 0.2) is 0 Å². The minimum absolute atomic E-state index is 0.281. The number of nitrogens with one attached hydrogen (secondary N) is 2. The van der Waals surface area contributed by atoms with E-state index in [0.717, 1.165) is 25.7 Å². The summed E-state index contributed by atoms with van der Waals surface area (Å²) in [7, 11) is 0. The van der Waals surface area contributed by atoms with Gasteiger partial charge >= 0.3 is 6.09 Å². The molecule has 0 bridgehead atoms. The summed E-state index contributed by atoms with van der Waals surface area (Å²) in [6.07, 6.45) is 2.92. The first-order chi connectivity index (χ1) is 12.6. The molecule has 1 aromatic rings.